The molecule has 0 heterocycles. The molecule has 0 saturated heterocycles. The van der Waals surface area contributed by atoms with E-state index in [-0.39, 0.29) is 5.91 Å². The van der Waals surface area contributed by atoms with E-state index in [1.165, 1.54) is 32.1 Å². The number of rotatable bonds is 6. The van der Waals surface area contributed by atoms with Crippen molar-refractivity contribution in [3.63, 3.8) is 0 Å². The fourth-order valence-corrected chi connectivity index (χ4v) is 2.98. The zero-order valence-electron chi connectivity index (χ0n) is 13.4. The topological polar surface area (TPSA) is 41.1 Å². The lowest BCUT2D eigenvalue weighted by Crippen LogP contribution is -2.30. The predicted octanol–water partition coefficient (Wildman–Crippen LogP) is 4.13. The Morgan fingerprint density at radius 1 is 1.24 bits per heavy atom. The van der Waals surface area contributed by atoms with Crippen molar-refractivity contribution in [1.29, 1.82) is 0 Å². The standard InChI is InChI=1S/C18H28N2O/c1-3-11-19-17-10-9-14(2)12-16(17)18(21)20-13-15-7-5-4-6-8-15/h9-10,12,15,19H,3-8,11,13H2,1-2H3,(H,20,21). The van der Waals surface area contributed by atoms with Gasteiger partial charge < -0.3 is 10.6 Å². The number of nitrogens with one attached hydrogen (secondary N) is 2. The van der Waals surface area contributed by atoms with Crippen LogP contribution in [-0.4, -0.2) is 19.0 Å². The second-order valence-electron chi connectivity index (χ2n) is 6.19. The molecule has 0 bridgehead atoms. The predicted molar refractivity (Wildman–Crippen MR) is 88.9 cm³/mol. The van der Waals surface area contributed by atoms with E-state index >= 15 is 0 Å². The first-order chi connectivity index (χ1) is 10.2. The highest BCUT2D eigenvalue weighted by molar-refractivity contribution is 5.99. The summed E-state index contributed by atoms with van der Waals surface area (Å²) in [6.07, 6.45) is 7.55. The summed E-state index contributed by atoms with van der Waals surface area (Å²) in [7, 11) is 0. The average molecular weight is 288 g/mol. The van der Waals surface area contributed by atoms with Gasteiger partial charge in [-0.05, 0) is 44.2 Å². The third kappa shape index (κ3) is 4.76. The van der Waals surface area contributed by atoms with Gasteiger partial charge in [0.25, 0.3) is 5.91 Å². The number of carbonyl (C=O) groups is 1. The van der Waals surface area contributed by atoms with E-state index in [1.54, 1.807) is 0 Å². The van der Waals surface area contributed by atoms with Crippen molar-refractivity contribution in [3.05, 3.63) is 29.3 Å². The van der Waals surface area contributed by atoms with Gasteiger partial charge in [0.15, 0.2) is 0 Å². The van der Waals surface area contributed by atoms with E-state index in [1.807, 2.05) is 19.1 Å². The Bertz CT molecular complexity index is 464. The monoisotopic (exact) mass is 288 g/mol. The Labute approximate surface area is 128 Å². The molecule has 1 saturated carbocycles. The number of carbonyl (C=O) groups excluding carboxylic acids is 1. The van der Waals surface area contributed by atoms with E-state index in [0.29, 0.717) is 5.92 Å². The second kappa shape index (κ2) is 8.06. The zero-order chi connectivity index (χ0) is 15.1. The van der Waals surface area contributed by atoms with Crippen molar-refractivity contribution in [1.82, 2.24) is 5.32 Å². The minimum atomic E-state index is 0.0582. The van der Waals surface area contributed by atoms with Gasteiger partial charge in [-0.15, -0.1) is 0 Å². The summed E-state index contributed by atoms with van der Waals surface area (Å²) in [5, 5.41) is 6.48. The summed E-state index contributed by atoms with van der Waals surface area (Å²) in [5.41, 5.74) is 2.85. The molecule has 3 nitrogen and oxygen atoms in total. The molecule has 2 rings (SSSR count). The molecular weight excluding hydrogens is 260 g/mol. The largest absolute Gasteiger partial charge is 0.384 e. The highest BCUT2D eigenvalue weighted by Crippen LogP contribution is 2.23. The number of hydrogen-bond acceptors (Lipinski definition) is 2. The molecule has 0 aliphatic heterocycles. The number of anilines is 1. The fourth-order valence-electron chi connectivity index (χ4n) is 2.98. The lowest BCUT2D eigenvalue weighted by atomic mass is 9.89. The second-order valence-corrected chi connectivity index (χ2v) is 6.19. The Hall–Kier alpha value is -1.51. The van der Waals surface area contributed by atoms with Crippen molar-refractivity contribution in [2.24, 2.45) is 5.92 Å². The molecule has 0 unspecified atom stereocenters. The molecule has 1 aliphatic carbocycles. The highest BCUT2D eigenvalue weighted by atomic mass is 16.1. The molecule has 1 aromatic carbocycles. The molecule has 0 spiro atoms. The van der Waals surface area contributed by atoms with E-state index in [9.17, 15) is 4.79 Å². The molecule has 116 valence electrons. The van der Waals surface area contributed by atoms with E-state index < -0.39 is 0 Å². The molecule has 0 aromatic heterocycles. The number of hydrogen-bond donors (Lipinski definition) is 2. The normalized spacial score (nSPS) is 15.7. The number of aryl methyl sites for hydroxylation is 1. The maximum Gasteiger partial charge on any atom is 0.253 e. The van der Waals surface area contributed by atoms with Gasteiger partial charge in [-0.25, -0.2) is 0 Å². The smallest absolute Gasteiger partial charge is 0.253 e. The summed E-state index contributed by atoms with van der Waals surface area (Å²) >= 11 is 0. The van der Waals surface area contributed by atoms with Crippen LogP contribution in [-0.2, 0) is 0 Å². The SMILES string of the molecule is CCCNc1ccc(C)cc1C(=O)NCC1CCCCC1. The maximum atomic E-state index is 12.5. The third-order valence-electron chi connectivity index (χ3n) is 4.26. The van der Waals surface area contributed by atoms with Gasteiger partial charge in [-0.3, -0.25) is 4.79 Å². The molecule has 0 radical (unpaired) electrons. The van der Waals surface area contributed by atoms with Crippen LogP contribution in [0.4, 0.5) is 5.69 Å². The third-order valence-corrected chi connectivity index (χ3v) is 4.26. The number of amides is 1. The van der Waals surface area contributed by atoms with Gasteiger partial charge in [0.2, 0.25) is 0 Å². The summed E-state index contributed by atoms with van der Waals surface area (Å²) in [6, 6.07) is 6.05. The van der Waals surface area contributed by atoms with E-state index in [2.05, 4.69) is 23.6 Å². The van der Waals surface area contributed by atoms with Crippen LogP contribution in [0.3, 0.4) is 0 Å². The van der Waals surface area contributed by atoms with Crippen LogP contribution in [0.2, 0.25) is 0 Å². The summed E-state index contributed by atoms with van der Waals surface area (Å²) in [4.78, 5) is 12.5. The maximum absolute atomic E-state index is 12.5. The Kier molecular flexibility index (Phi) is 6.09. The lowest BCUT2D eigenvalue weighted by molar-refractivity contribution is 0.0944. The van der Waals surface area contributed by atoms with Crippen LogP contribution in [0.5, 0.6) is 0 Å². The van der Waals surface area contributed by atoms with Crippen LogP contribution in [0, 0.1) is 12.8 Å². The van der Waals surface area contributed by atoms with Gasteiger partial charge in [-0.2, -0.15) is 0 Å². The number of benzene rings is 1. The molecule has 1 fully saturated rings. The van der Waals surface area contributed by atoms with Crippen LogP contribution >= 0.6 is 0 Å². The van der Waals surface area contributed by atoms with E-state index in [0.717, 1.165) is 36.3 Å². The van der Waals surface area contributed by atoms with Gasteiger partial charge >= 0.3 is 0 Å². The minimum Gasteiger partial charge on any atom is -0.384 e. The molecule has 1 aliphatic rings. The molecule has 2 N–H and O–H groups in total. The van der Waals surface area contributed by atoms with Gasteiger partial charge in [0, 0.05) is 18.8 Å². The Morgan fingerprint density at radius 3 is 2.71 bits per heavy atom. The molecule has 3 heteroatoms. The van der Waals surface area contributed by atoms with Crippen LogP contribution < -0.4 is 10.6 Å². The van der Waals surface area contributed by atoms with Crippen LogP contribution in [0.15, 0.2) is 18.2 Å². The fraction of sp³-hybridized carbons (Fsp3) is 0.611. The summed E-state index contributed by atoms with van der Waals surface area (Å²) in [6.45, 7) is 5.87. The minimum absolute atomic E-state index is 0.0582. The first-order valence-corrected chi connectivity index (χ1v) is 8.33. The molecular formula is C18H28N2O. The van der Waals surface area contributed by atoms with Crippen molar-refractivity contribution in [3.8, 4) is 0 Å². The van der Waals surface area contributed by atoms with Gasteiger partial charge in [-0.1, -0.05) is 37.8 Å². The van der Waals surface area contributed by atoms with Gasteiger partial charge in [0.1, 0.15) is 0 Å². The Balaban J connectivity index is 1.97. The molecule has 21 heavy (non-hydrogen) atoms. The average Bonchev–Trinajstić information content (AvgIpc) is 2.52. The zero-order valence-corrected chi connectivity index (χ0v) is 13.4. The van der Waals surface area contributed by atoms with Gasteiger partial charge in [0.05, 0.1) is 5.56 Å². The first kappa shape index (κ1) is 15.9. The Morgan fingerprint density at radius 2 is 2.00 bits per heavy atom. The molecule has 0 atom stereocenters. The first-order valence-electron chi connectivity index (χ1n) is 8.33. The molecule has 1 amide bonds. The van der Waals surface area contributed by atoms with Crippen molar-refractivity contribution in [2.45, 2.75) is 52.4 Å². The van der Waals surface area contributed by atoms with Crippen LogP contribution in [0.25, 0.3) is 0 Å². The van der Waals surface area contributed by atoms with Crippen LogP contribution in [0.1, 0.15) is 61.4 Å². The summed E-state index contributed by atoms with van der Waals surface area (Å²) < 4.78 is 0. The quantitative estimate of drug-likeness (QED) is 0.826. The van der Waals surface area contributed by atoms with E-state index in [4.69, 9.17) is 0 Å². The lowest BCUT2D eigenvalue weighted by Gasteiger charge is -2.22. The van der Waals surface area contributed by atoms with Crippen molar-refractivity contribution < 1.29 is 4.79 Å². The van der Waals surface area contributed by atoms with Crippen molar-refractivity contribution in [2.75, 3.05) is 18.4 Å². The summed E-state index contributed by atoms with van der Waals surface area (Å²) in [5.74, 6) is 0.724. The molecule has 1 aromatic rings. The highest BCUT2D eigenvalue weighted by Gasteiger charge is 2.16. The van der Waals surface area contributed by atoms with Crippen molar-refractivity contribution >= 4 is 11.6 Å².